The number of aliphatic hydroxyl groups is 2. The third-order valence-electron chi connectivity index (χ3n) is 6.40. The largest absolute Gasteiger partial charge is 0.395 e. The summed E-state index contributed by atoms with van der Waals surface area (Å²) in [5, 5.41) is 22.5. The summed E-state index contributed by atoms with van der Waals surface area (Å²) in [6, 6.07) is 17.7. The molecule has 2 saturated heterocycles. The van der Waals surface area contributed by atoms with Gasteiger partial charge in [0.25, 0.3) is 0 Å². The van der Waals surface area contributed by atoms with Gasteiger partial charge in [0.2, 0.25) is 0 Å². The third-order valence-corrected chi connectivity index (χ3v) is 6.40. The highest BCUT2D eigenvalue weighted by Crippen LogP contribution is 2.42. The van der Waals surface area contributed by atoms with Crippen molar-refractivity contribution in [3.05, 3.63) is 65.7 Å². The number of nitrogens with one attached hydrogen (secondary N) is 1. The van der Waals surface area contributed by atoms with Gasteiger partial charge in [-0.05, 0) is 56.1 Å². The molecule has 3 N–H and O–H groups in total. The van der Waals surface area contributed by atoms with Crippen molar-refractivity contribution in [2.75, 3.05) is 31.6 Å². The van der Waals surface area contributed by atoms with Crippen LogP contribution in [0.2, 0.25) is 0 Å². The maximum absolute atomic E-state index is 13.0. The molecule has 0 unspecified atom stereocenters. The summed E-state index contributed by atoms with van der Waals surface area (Å²) in [7, 11) is 0. The minimum absolute atomic E-state index is 0.0616. The van der Waals surface area contributed by atoms with E-state index in [2.05, 4.69) is 34.2 Å². The van der Waals surface area contributed by atoms with E-state index in [1.54, 1.807) is 6.92 Å². The molecule has 2 aromatic carbocycles. The van der Waals surface area contributed by atoms with Gasteiger partial charge in [-0.2, -0.15) is 0 Å². The first-order valence-corrected chi connectivity index (χ1v) is 11.3. The van der Waals surface area contributed by atoms with E-state index < -0.39 is 6.10 Å². The summed E-state index contributed by atoms with van der Waals surface area (Å²) in [4.78, 5) is 17.3. The molecule has 0 radical (unpaired) electrons. The number of amides is 2. The smallest absolute Gasteiger partial charge is 0.321 e. The van der Waals surface area contributed by atoms with Crippen LogP contribution in [0.15, 0.2) is 54.6 Å². The van der Waals surface area contributed by atoms with Crippen molar-refractivity contribution in [3.8, 4) is 11.8 Å². The number of anilines is 1. The van der Waals surface area contributed by atoms with E-state index in [-0.39, 0.29) is 30.6 Å². The van der Waals surface area contributed by atoms with Crippen LogP contribution in [0.1, 0.15) is 36.8 Å². The van der Waals surface area contributed by atoms with Gasteiger partial charge >= 0.3 is 6.03 Å². The van der Waals surface area contributed by atoms with Crippen LogP contribution >= 0.6 is 0 Å². The van der Waals surface area contributed by atoms with E-state index >= 15 is 0 Å². The SMILES string of the molecule is C[C@H](O)C#Cc1ccc([C@H]2[C@@H](CO)N3CCCCN(C(=O)Nc4ccccc4)C[C@H]23)cc1. The van der Waals surface area contributed by atoms with E-state index in [1.807, 2.05) is 47.4 Å². The van der Waals surface area contributed by atoms with Gasteiger partial charge in [-0.25, -0.2) is 4.79 Å². The maximum Gasteiger partial charge on any atom is 0.321 e. The molecule has 2 aliphatic rings. The Hall–Kier alpha value is -2.85. The van der Waals surface area contributed by atoms with Crippen molar-refractivity contribution < 1.29 is 15.0 Å². The maximum atomic E-state index is 13.0. The molecule has 6 heteroatoms. The molecule has 2 heterocycles. The van der Waals surface area contributed by atoms with Crippen LogP contribution in [0, 0.1) is 11.8 Å². The number of carbonyl (C=O) groups excluding carboxylic acids is 1. The molecule has 2 amide bonds. The van der Waals surface area contributed by atoms with E-state index in [4.69, 9.17) is 0 Å². The zero-order valence-electron chi connectivity index (χ0n) is 18.4. The first-order chi connectivity index (χ1) is 15.6. The van der Waals surface area contributed by atoms with Gasteiger partial charge in [0.1, 0.15) is 6.10 Å². The summed E-state index contributed by atoms with van der Waals surface area (Å²) in [5.74, 6) is 5.89. The third kappa shape index (κ3) is 4.97. The quantitative estimate of drug-likeness (QED) is 0.651. The summed E-state index contributed by atoms with van der Waals surface area (Å²) in [6.45, 7) is 4.04. The number of urea groups is 1. The predicted octanol–water partition coefficient (Wildman–Crippen LogP) is 2.88. The second-order valence-electron chi connectivity index (χ2n) is 8.60. The van der Waals surface area contributed by atoms with E-state index in [9.17, 15) is 15.0 Å². The van der Waals surface area contributed by atoms with Crippen molar-refractivity contribution in [1.82, 2.24) is 9.80 Å². The number of fused-ring (bicyclic) bond motifs is 1. The molecule has 0 aromatic heterocycles. The second-order valence-corrected chi connectivity index (χ2v) is 8.60. The number of hydrogen-bond acceptors (Lipinski definition) is 4. The summed E-state index contributed by atoms with van der Waals surface area (Å²) in [5.41, 5.74) is 2.80. The zero-order chi connectivity index (χ0) is 22.5. The van der Waals surface area contributed by atoms with Gasteiger partial charge < -0.3 is 20.4 Å². The van der Waals surface area contributed by atoms with Gasteiger partial charge in [-0.15, -0.1) is 0 Å². The van der Waals surface area contributed by atoms with Gasteiger partial charge in [-0.1, -0.05) is 42.2 Å². The minimum atomic E-state index is -0.656. The fraction of sp³-hybridized carbons (Fsp3) is 0.423. The Morgan fingerprint density at radius 2 is 1.84 bits per heavy atom. The molecule has 2 aliphatic heterocycles. The molecular weight excluding hydrogens is 402 g/mol. The molecule has 2 aromatic rings. The average Bonchev–Trinajstić information content (AvgIpc) is 2.78. The number of para-hydroxylation sites is 1. The lowest BCUT2D eigenvalue weighted by Crippen LogP contribution is -2.68. The molecule has 32 heavy (non-hydrogen) atoms. The molecule has 0 saturated carbocycles. The van der Waals surface area contributed by atoms with Gasteiger partial charge in [0, 0.05) is 42.3 Å². The van der Waals surface area contributed by atoms with Crippen molar-refractivity contribution in [2.24, 2.45) is 0 Å². The minimum Gasteiger partial charge on any atom is -0.395 e. The van der Waals surface area contributed by atoms with Crippen LogP contribution in [0.5, 0.6) is 0 Å². The molecule has 4 rings (SSSR count). The van der Waals surface area contributed by atoms with Crippen molar-refractivity contribution >= 4 is 11.7 Å². The summed E-state index contributed by atoms with van der Waals surface area (Å²) >= 11 is 0. The monoisotopic (exact) mass is 433 g/mol. The predicted molar refractivity (Wildman–Crippen MR) is 125 cm³/mol. The van der Waals surface area contributed by atoms with Crippen LogP contribution in [-0.4, -0.2) is 70.5 Å². The Morgan fingerprint density at radius 1 is 1.12 bits per heavy atom. The lowest BCUT2D eigenvalue weighted by atomic mass is 9.74. The standard InChI is InChI=1S/C26H31N3O3/c1-19(31)9-10-20-11-13-21(14-12-20)25-23-17-28(15-5-6-16-29(23)24(25)18-30)26(32)27-22-7-3-2-4-8-22/h2-4,7-8,11-14,19,23-25,30-31H,5-6,15-18H2,1H3,(H,27,32)/t19-,23+,24+,25+/m0/s1. The number of aliphatic hydroxyl groups excluding tert-OH is 2. The van der Waals surface area contributed by atoms with Gasteiger partial charge in [0.05, 0.1) is 6.61 Å². The normalized spacial score (nSPS) is 24.1. The number of rotatable bonds is 3. The zero-order valence-corrected chi connectivity index (χ0v) is 18.4. The summed E-state index contributed by atoms with van der Waals surface area (Å²) in [6.07, 6.45) is 1.30. The fourth-order valence-electron chi connectivity index (χ4n) is 4.83. The van der Waals surface area contributed by atoms with Crippen molar-refractivity contribution in [1.29, 1.82) is 0 Å². The molecule has 6 nitrogen and oxygen atoms in total. The van der Waals surface area contributed by atoms with Crippen molar-refractivity contribution in [2.45, 2.75) is 43.9 Å². The number of benzene rings is 2. The number of nitrogens with zero attached hydrogens (tertiary/aromatic N) is 2. The lowest BCUT2D eigenvalue weighted by molar-refractivity contribution is -0.0585. The van der Waals surface area contributed by atoms with Crippen LogP contribution in [0.25, 0.3) is 0 Å². The molecule has 0 spiro atoms. The van der Waals surface area contributed by atoms with Crippen LogP contribution in [-0.2, 0) is 0 Å². The topological polar surface area (TPSA) is 76.0 Å². The number of carbonyl (C=O) groups is 1. The van der Waals surface area contributed by atoms with E-state index in [0.717, 1.165) is 42.7 Å². The fourth-order valence-corrected chi connectivity index (χ4v) is 4.83. The first-order valence-electron chi connectivity index (χ1n) is 11.3. The Morgan fingerprint density at radius 3 is 2.53 bits per heavy atom. The number of hydrogen-bond donors (Lipinski definition) is 3. The molecule has 168 valence electrons. The van der Waals surface area contributed by atoms with Gasteiger partial charge in [0.15, 0.2) is 0 Å². The Labute approximate surface area is 189 Å². The molecule has 0 aliphatic carbocycles. The van der Waals surface area contributed by atoms with E-state index in [1.165, 1.54) is 0 Å². The Bertz CT molecular complexity index is 965. The highest BCUT2D eigenvalue weighted by atomic mass is 16.3. The lowest BCUT2D eigenvalue weighted by Gasteiger charge is -2.57. The second kappa shape index (κ2) is 10.2. The van der Waals surface area contributed by atoms with Crippen LogP contribution in [0.4, 0.5) is 10.5 Å². The Kier molecular flexibility index (Phi) is 7.11. The Balaban J connectivity index is 1.51. The highest BCUT2D eigenvalue weighted by molar-refractivity contribution is 5.89. The summed E-state index contributed by atoms with van der Waals surface area (Å²) < 4.78 is 0. The van der Waals surface area contributed by atoms with Crippen LogP contribution < -0.4 is 5.32 Å². The highest BCUT2D eigenvalue weighted by Gasteiger charge is 2.49. The van der Waals surface area contributed by atoms with Crippen molar-refractivity contribution in [3.63, 3.8) is 0 Å². The average molecular weight is 434 g/mol. The first kappa shape index (κ1) is 22.3. The molecule has 4 atom stereocenters. The van der Waals surface area contributed by atoms with E-state index in [0.29, 0.717) is 6.54 Å². The molecule has 2 fully saturated rings. The van der Waals surface area contributed by atoms with Crippen LogP contribution in [0.3, 0.4) is 0 Å². The van der Waals surface area contributed by atoms with Gasteiger partial charge in [-0.3, -0.25) is 4.90 Å². The molecule has 0 bridgehead atoms. The molecular formula is C26H31N3O3.